The zero-order valence-electron chi connectivity index (χ0n) is 17.1. The minimum Gasteiger partial charge on any atom is -0.467 e. The number of carbonyl (C=O) groups is 1. The summed E-state index contributed by atoms with van der Waals surface area (Å²) in [5, 5.41) is 1.12. The largest absolute Gasteiger partial charge is 0.467 e. The van der Waals surface area contributed by atoms with Gasteiger partial charge < -0.3 is 14.3 Å². The molecular formula is C27H19BrN2O2. The Morgan fingerprint density at radius 1 is 0.906 bits per heavy atom. The topological polar surface area (TPSA) is 49.2 Å². The third-order valence-electron chi connectivity index (χ3n) is 6.12. The van der Waals surface area contributed by atoms with Crippen molar-refractivity contribution in [2.45, 2.75) is 12.6 Å². The van der Waals surface area contributed by atoms with E-state index >= 15 is 0 Å². The second kappa shape index (κ2) is 7.53. The molecule has 2 aromatic heterocycles. The molecule has 32 heavy (non-hydrogen) atoms. The standard InChI is InChI=1S/C27H19BrN2O2/c28-18-13-11-17(12-14-18)25-24(22-9-3-4-10-23(22)29-25)26-20-7-1-2-8-21(20)27(31)30(26)16-19-6-5-15-32-19/h1-15,26,29H,16H2/t26-/m0/s1. The molecule has 0 saturated carbocycles. The van der Waals surface area contributed by atoms with Gasteiger partial charge in [-0.15, -0.1) is 0 Å². The highest BCUT2D eigenvalue weighted by molar-refractivity contribution is 9.10. The number of hydrogen-bond acceptors (Lipinski definition) is 2. The lowest BCUT2D eigenvalue weighted by molar-refractivity contribution is 0.0724. The Morgan fingerprint density at radius 2 is 1.69 bits per heavy atom. The number of aromatic nitrogens is 1. The zero-order chi connectivity index (χ0) is 21.7. The normalized spacial score (nSPS) is 15.5. The molecule has 0 bridgehead atoms. The van der Waals surface area contributed by atoms with Crippen LogP contribution in [-0.2, 0) is 6.54 Å². The van der Waals surface area contributed by atoms with Crippen LogP contribution in [0.3, 0.4) is 0 Å². The molecule has 0 spiro atoms. The van der Waals surface area contributed by atoms with E-state index in [9.17, 15) is 4.79 Å². The number of rotatable bonds is 4. The van der Waals surface area contributed by atoms with Crippen LogP contribution >= 0.6 is 15.9 Å². The average Bonchev–Trinajstić information content (AvgIpc) is 3.53. The van der Waals surface area contributed by atoms with Crippen molar-refractivity contribution in [1.29, 1.82) is 0 Å². The Kier molecular flexibility index (Phi) is 4.51. The van der Waals surface area contributed by atoms with Gasteiger partial charge in [-0.25, -0.2) is 0 Å². The number of aromatic amines is 1. The van der Waals surface area contributed by atoms with Crippen molar-refractivity contribution in [3.8, 4) is 11.3 Å². The van der Waals surface area contributed by atoms with Crippen molar-refractivity contribution in [1.82, 2.24) is 9.88 Å². The smallest absolute Gasteiger partial charge is 0.255 e. The van der Waals surface area contributed by atoms with Crippen molar-refractivity contribution >= 4 is 32.7 Å². The minimum absolute atomic E-state index is 0.0223. The molecular weight excluding hydrogens is 464 g/mol. The number of nitrogens with one attached hydrogen (secondary N) is 1. The first-order valence-corrected chi connectivity index (χ1v) is 11.3. The molecule has 3 aromatic carbocycles. The van der Waals surface area contributed by atoms with Crippen LogP contribution in [0.4, 0.5) is 0 Å². The zero-order valence-corrected chi connectivity index (χ0v) is 18.7. The van der Waals surface area contributed by atoms with Gasteiger partial charge in [0.05, 0.1) is 24.5 Å². The molecule has 1 N–H and O–H groups in total. The number of H-pyrrole nitrogens is 1. The molecule has 0 aliphatic carbocycles. The molecule has 4 nitrogen and oxygen atoms in total. The number of hydrogen-bond donors (Lipinski definition) is 1. The first-order chi connectivity index (χ1) is 15.7. The van der Waals surface area contributed by atoms with Crippen LogP contribution < -0.4 is 0 Å². The second-order valence-electron chi connectivity index (χ2n) is 7.97. The van der Waals surface area contributed by atoms with Gasteiger partial charge in [0, 0.05) is 26.5 Å². The number of para-hydroxylation sites is 1. The third-order valence-corrected chi connectivity index (χ3v) is 6.65. The number of halogens is 1. The Morgan fingerprint density at radius 3 is 2.50 bits per heavy atom. The molecule has 0 fully saturated rings. The van der Waals surface area contributed by atoms with E-state index in [0.29, 0.717) is 6.54 Å². The first-order valence-electron chi connectivity index (χ1n) is 10.5. The maximum absolute atomic E-state index is 13.5. The van der Waals surface area contributed by atoms with E-state index in [-0.39, 0.29) is 11.9 Å². The van der Waals surface area contributed by atoms with Crippen LogP contribution in [0.2, 0.25) is 0 Å². The summed E-state index contributed by atoms with van der Waals surface area (Å²) in [6.07, 6.45) is 1.65. The summed E-state index contributed by atoms with van der Waals surface area (Å²) >= 11 is 3.54. The van der Waals surface area contributed by atoms with E-state index in [1.165, 1.54) is 0 Å². The van der Waals surface area contributed by atoms with Crippen LogP contribution in [0.1, 0.15) is 33.3 Å². The van der Waals surface area contributed by atoms with Crippen molar-refractivity contribution in [2.75, 3.05) is 0 Å². The summed E-state index contributed by atoms with van der Waals surface area (Å²) in [5.41, 5.74) is 6.03. The molecule has 3 heterocycles. The molecule has 5 aromatic rings. The summed E-state index contributed by atoms with van der Waals surface area (Å²) in [6, 6.07) is 28.0. The van der Waals surface area contributed by atoms with E-state index in [0.717, 1.165) is 49.1 Å². The fraction of sp³-hybridized carbons (Fsp3) is 0.0741. The lowest BCUT2D eigenvalue weighted by Gasteiger charge is -2.26. The predicted molar refractivity (Wildman–Crippen MR) is 128 cm³/mol. The third kappa shape index (κ3) is 3.00. The van der Waals surface area contributed by atoms with Crippen molar-refractivity contribution in [3.05, 3.63) is 118 Å². The number of amides is 1. The summed E-state index contributed by atoms with van der Waals surface area (Å²) in [7, 11) is 0. The lowest BCUT2D eigenvalue weighted by Crippen LogP contribution is -2.28. The van der Waals surface area contributed by atoms with E-state index in [2.05, 4.69) is 51.2 Å². The van der Waals surface area contributed by atoms with E-state index in [1.54, 1.807) is 6.26 Å². The van der Waals surface area contributed by atoms with Crippen LogP contribution in [0.25, 0.3) is 22.2 Å². The van der Waals surface area contributed by atoms with Crippen LogP contribution in [0, 0.1) is 0 Å². The summed E-state index contributed by atoms with van der Waals surface area (Å²) in [5.74, 6) is 0.787. The predicted octanol–water partition coefficient (Wildman–Crippen LogP) is 6.94. The molecule has 0 unspecified atom stereocenters. The van der Waals surface area contributed by atoms with E-state index in [1.807, 2.05) is 59.5 Å². The maximum Gasteiger partial charge on any atom is 0.255 e. The molecule has 1 atom stereocenters. The molecule has 156 valence electrons. The van der Waals surface area contributed by atoms with E-state index < -0.39 is 0 Å². The van der Waals surface area contributed by atoms with Crippen molar-refractivity contribution in [2.24, 2.45) is 0 Å². The number of fused-ring (bicyclic) bond motifs is 2. The van der Waals surface area contributed by atoms with Gasteiger partial charge in [-0.2, -0.15) is 0 Å². The maximum atomic E-state index is 13.5. The first kappa shape index (κ1) is 19.1. The van der Waals surface area contributed by atoms with Crippen LogP contribution in [-0.4, -0.2) is 15.8 Å². The summed E-state index contributed by atoms with van der Waals surface area (Å²) in [4.78, 5) is 19.1. The highest BCUT2D eigenvalue weighted by atomic mass is 79.9. The van der Waals surface area contributed by atoms with Gasteiger partial charge in [-0.1, -0.05) is 64.5 Å². The number of benzene rings is 3. The average molecular weight is 483 g/mol. The van der Waals surface area contributed by atoms with Crippen LogP contribution in [0.5, 0.6) is 0 Å². The summed E-state index contributed by atoms with van der Waals surface area (Å²) in [6.45, 7) is 0.407. The molecule has 1 amide bonds. The molecule has 1 aliphatic heterocycles. The Balaban J connectivity index is 1.61. The van der Waals surface area contributed by atoms with Crippen LogP contribution in [0.15, 0.2) is 100 Å². The van der Waals surface area contributed by atoms with Gasteiger partial charge in [-0.05, 0) is 47.5 Å². The quantitative estimate of drug-likeness (QED) is 0.301. The molecule has 6 rings (SSSR count). The van der Waals surface area contributed by atoms with Gasteiger partial charge in [-0.3, -0.25) is 4.79 Å². The monoisotopic (exact) mass is 482 g/mol. The van der Waals surface area contributed by atoms with Crippen molar-refractivity contribution in [3.63, 3.8) is 0 Å². The second-order valence-corrected chi connectivity index (χ2v) is 8.88. The number of carbonyl (C=O) groups excluding carboxylic acids is 1. The Bertz CT molecular complexity index is 1430. The van der Waals surface area contributed by atoms with Gasteiger partial charge in [0.25, 0.3) is 5.91 Å². The van der Waals surface area contributed by atoms with Crippen molar-refractivity contribution < 1.29 is 9.21 Å². The molecule has 5 heteroatoms. The summed E-state index contributed by atoms with van der Waals surface area (Å²) < 4.78 is 6.64. The van der Waals surface area contributed by atoms with Gasteiger partial charge in [0.15, 0.2) is 0 Å². The molecule has 0 saturated heterocycles. The molecule has 1 aliphatic rings. The highest BCUT2D eigenvalue weighted by Crippen LogP contribution is 2.46. The number of nitrogens with zero attached hydrogens (tertiary/aromatic N) is 1. The molecule has 0 radical (unpaired) electrons. The van der Waals surface area contributed by atoms with Gasteiger partial charge in [0.2, 0.25) is 0 Å². The van der Waals surface area contributed by atoms with E-state index in [4.69, 9.17) is 4.42 Å². The fourth-order valence-electron chi connectivity index (χ4n) is 4.71. The number of furan rings is 1. The lowest BCUT2D eigenvalue weighted by atomic mass is 9.93. The Labute approximate surface area is 193 Å². The fourth-order valence-corrected chi connectivity index (χ4v) is 4.97. The van der Waals surface area contributed by atoms with Gasteiger partial charge >= 0.3 is 0 Å². The Hall–Kier alpha value is -3.57. The van der Waals surface area contributed by atoms with Gasteiger partial charge in [0.1, 0.15) is 5.76 Å². The minimum atomic E-state index is -0.224. The SMILES string of the molecule is O=C1c2ccccc2[C@@H](c2c(-c3ccc(Br)cc3)[nH]c3ccccc23)N1Cc1ccco1. The highest BCUT2D eigenvalue weighted by Gasteiger charge is 2.40.